The van der Waals surface area contributed by atoms with Crippen molar-refractivity contribution in [3.05, 3.63) is 66.0 Å². The van der Waals surface area contributed by atoms with Gasteiger partial charge in [-0.1, -0.05) is 36.4 Å². The lowest BCUT2D eigenvalue weighted by molar-refractivity contribution is -0.136. The summed E-state index contributed by atoms with van der Waals surface area (Å²) < 4.78 is 0. The molecule has 0 fully saturated rings. The molecule has 0 saturated heterocycles. The van der Waals surface area contributed by atoms with Crippen LogP contribution >= 0.6 is 11.8 Å². The van der Waals surface area contributed by atoms with Crippen molar-refractivity contribution in [1.29, 1.82) is 0 Å². The van der Waals surface area contributed by atoms with Gasteiger partial charge in [-0.2, -0.15) is 0 Å². The van der Waals surface area contributed by atoms with Crippen LogP contribution in [0, 0.1) is 0 Å². The van der Waals surface area contributed by atoms with Gasteiger partial charge in [0.15, 0.2) is 0 Å². The molecule has 1 aromatic heterocycles. The number of aryl methyl sites for hydroxylation is 1. The van der Waals surface area contributed by atoms with Crippen molar-refractivity contribution in [2.24, 2.45) is 0 Å². The second-order valence-corrected chi connectivity index (χ2v) is 5.77. The highest BCUT2D eigenvalue weighted by Gasteiger charge is 2.18. The molecule has 0 radical (unpaired) electrons. The highest BCUT2D eigenvalue weighted by molar-refractivity contribution is 8.00. The minimum absolute atomic E-state index is 0.402. The number of nitrogens with zero attached hydrogens (tertiary/aromatic N) is 1. The Hall–Kier alpha value is -1.81. The van der Waals surface area contributed by atoms with Gasteiger partial charge < -0.3 is 5.11 Å². The third kappa shape index (κ3) is 4.70. The normalized spacial score (nSPS) is 12.0. The first-order valence-electron chi connectivity index (χ1n) is 6.54. The molecule has 0 aliphatic rings. The van der Waals surface area contributed by atoms with Crippen LogP contribution in [0.1, 0.15) is 11.3 Å². The van der Waals surface area contributed by atoms with E-state index in [0.29, 0.717) is 6.42 Å². The molecule has 2 aromatic rings. The van der Waals surface area contributed by atoms with Gasteiger partial charge in [-0.25, -0.2) is 0 Å². The van der Waals surface area contributed by atoms with Crippen LogP contribution in [0.5, 0.6) is 0 Å². The molecule has 4 heteroatoms. The summed E-state index contributed by atoms with van der Waals surface area (Å²) in [6.07, 6.45) is 3.12. The zero-order chi connectivity index (χ0) is 14.2. The minimum Gasteiger partial charge on any atom is -0.480 e. The Morgan fingerprint density at radius 1 is 1.15 bits per heavy atom. The average molecular weight is 287 g/mol. The fraction of sp³-hybridized carbons (Fsp3) is 0.250. The monoisotopic (exact) mass is 287 g/mol. The number of carboxylic acid groups (broad SMARTS) is 1. The van der Waals surface area contributed by atoms with E-state index >= 15 is 0 Å². The van der Waals surface area contributed by atoms with E-state index in [4.69, 9.17) is 0 Å². The Balaban J connectivity index is 1.85. The highest BCUT2D eigenvalue weighted by atomic mass is 32.2. The summed E-state index contributed by atoms with van der Waals surface area (Å²) in [7, 11) is 0. The largest absolute Gasteiger partial charge is 0.480 e. The van der Waals surface area contributed by atoms with Crippen LogP contribution in [0.15, 0.2) is 54.7 Å². The number of aliphatic carboxylic acids is 1. The molecule has 0 amide bonds. The standard InChI is InChI=1S/C16H17NO2S/c18-16(19)15(12-13-6-2-1-3-7-13)20-11-9-14-8-4-5-10-17-14/h1-8,10,15H,9,11-12H2,(H,18,19). The number of aromatic nitrogens is 1. The summed E-state index contributed by atoms with van der Waals surface area (Å²) >= 11 is 1.48. The maximum absolute atomic E-state index is 11.3. The van der Waals surface area contributed by atoms with Gasteiger partial charge in [0, 0.05) is 11.9 Å². The van der Waals surface area contributed by atoms with E-state index in [0.717, 1.165) is 23.4 Å². The number of pyridine rings is 1. The SMILES string of the molecule is O=C(O)C(Cc1ccccc1)SCCc1ccccn1. The minimum atomic E-state index is -0.750. The van der Waals surface area contributed by atoms with Crippen LogP contribution in [0.25, 0.3) is 0 Å². The molecule has 0 aliphatic carbocycles. The summed E-state index contributed by atoms with van der Waals surface area (Å²) in [5.41, 5.74) is 2.06. The van der Waals surface area contributed by atoms with E-state index in [1.165, 1.54) is 11.8 Å². The molecular weight excluding hydrogens is 270 g/mol. The van der Waals surface area contributed by atoms with Gasteiger partial charge in [0.1, 0.15) is 5.25 Å². The average Bonchev–Trinajstić information content (AvgIpc) is 2.48. The van der Waals surface area contributed by atoms with Crippen molar-refractivity contribution in [2.75, 3.05) is 5.75 Å². The van der Waals surface area contributed by atoms with E-state index in [-0.39, 0.29) is 0 Å². The van der Waals surface area contributed by atoms with Crippen LogP contribution < -0.4 is 0 Å². The quantitative estimate of drug-likeness (QED) is 0.850. The van der Waals surface area contributed by atoms with Crippen molar-refractivity contribution in [3.63, 3.8) is 0 Å². The molecule has 0 bridgehead atoms. The lowest BCUT2D eigenvalue weighted by atomic mass is 10.1. The van der Waals surface area contributed by atoms with Gasteiger partial charge in [0.05, 0.1) is 0 Å². The molecule has 0 saturated carbocycles. The van der Waals surface area contributed by atoms with Crippen LogP contribution in [0.2, 0.25) is 0 Å². The predicted molar refractivity (Wildman–Crippen MR) is 82.0 cm³/mol. The van der Waals surface area contributed by atoms with Gasteiger partial charge >= 0.3 is 5.97 Å². The molecular formula is C16H17NO2S. The Morgan fingerprint density at radius 3 is 2.55 bits per heavy atom. The van der Waals surface area contributed by atoms with Crippen LogP contribution in [0.4, 0.5) is 0 Å². The lowest BCUT2D eigenvalue weighted by Crippen LogP contribution is -2.20. The zero-order valence-electron chi connectivity index (χ0n) is 11.1. The highest BCUT2D eigenvalue weighted by Crippen LogP contribution is 2.18. The Morgan fingerprint density at radius 2 is 1.90 bits per heavy atom. The molecule has 20 heavy (non-hydrogen) atoms. The van der Waals surface area contributed by atoms with Gasteiger partial charge in [0.25, 0.3) is 0 Å². The number of carboxylic acids is 1. The molecule has 1 aromatic carbocycles. The zero-order valence-corrected chi connectivity index (χ0v) is 11.9. The number of benzene rings is 1. The molecule has 1 N–H and O–H groups in total. The van der Waals surface area contributed by atoms with Crippen molar-refractivity contribution in [1.82, 2.24) is 4.98 Å². The Bertz CT molecular complexity index is 531. The number of hydrogen-bond donors (Lipinski definition) is 1. The van der Waals surface area contributed by atoms with E-state index in [1.807, 2.05) is 48.5 Å². The van der Waals surface area contributed by atoms with E-state index < -0.39 is 11.2 Å². The molecule has 3 nitrogen and oxygen atoms in total. The molecule has 104 valence electrons. The summed E-state index contributed by atoms with van der Waals surface area (Å²) in [6.45, 7) is 0. The van der Waals surface area contributed by atoms with Crippen LogP contribution in [-0.4, -0.2) is 27.1 Å². The maximum atomic E-state index is 11.3. The fourth-order valence-electron chi connectivity index (χ4n) is 1.90. The first kappa shape index (κ1) is 14.6. The topological polar surface area (TPSA) is 50.2 Å². The fourth-order valence-corrected chi connectivity index (χ4v) is 2.96. The second kappa shape index (κ2) is 7.70. The summed E-state index contributed by atoms with van der Waals surface area (Å²) in [4.78, 5) is 15.6. The summed E-state index contributed by atoms with van der Waals surface area (Å²) in [6, 6.07) is 15.5. The third-order valence-corrected chi connectivity index (χ3v) is 4.15. The Labute approximate surface area is 123 Å². The molecule has 0 spiro atoms. The van der Waals surface area contributed by atoms with Crippen LogP contribution in [-0.2, 0) is 17.6 Å². The molecule has 2 rings (SSSR count). The first-order valence-corrected chi connectivity index (χ1v) is 7.59. The molecule has 1 unspecified atom stereocenters. The smallest absolute Gasteiger partial charge is 0.316 e. The number of hydrogen-bond acceptors (Lipinski definition) is 3. The van der Waals surface area contributed by atoms with Crippen molar-refractivity contribution >= 4 is 17.7 Å². The lowest BCUT2D eigenvalue weighted by Gasteiger charge is -2.12. The summed E-state index contributed by atoms with van der Waals surface area (Å²) in [5.74, 6) is 0.0146. The van der Waals surface area contributed by atoms with Crippen molar-refractivity contribution < 1.29 is 9.90 Å². The van der Waals surface area contributed by atoms with Gasteiger partial charge in [0.2, 0.25) is 0 Å². The van der Waals surface area contributed by atoms with Crippen molar-refractivity contribution in [2.45, 2.75) is 18.1 Å². The first-order chi connectivity index (χ1) is 9.75. The van der Waals surface area contributed by atoms with Crippen LogP contribution in [0.3, 0.4) is 0 Å². The molecule has 1 atom stereocenters. The number of carbonyl (C=O) groups is 1. The second-order valence-electron chi connectivity index (χ2n) is 4.46. The molecule has 1 heterocycles. The van der Waals surface area contributed by atoms with E-state index in [2.05, 4.69) is 4.98 Å². The number of thioether (sulfide) groups is 1. The van der Waals surface area contributed by atoms with E-state index in [9.17, 15) is 9.90 Å². The maximum Gasteiger partial charge on any atom is 0.316 e. The predicted octanol–water partition coefficient (Wildman–Crippen LogP) is 3.05. The van der Waals surface area contributed by atoms with Crippen molar-refractivity contribution in [3.8, 4) is 0 Å². The third-order valence-electron chi connectivity index (χ3n) is 2.94. The van der Waals surface area contributed by atoms with E-state index in [1.54, 1.807) is 6.20 Å². The molecule has 0 aliphatic heterocycles. The van der Waals surface area contributed by atoms with Gasteiger partial charge in [-0.05, 0) is 36.3 Å². The van der Waals surface area contributed by atoms with Gasteiger partial charge in [-0.15, -0.1) is 11.8 Å². The Kier molecular flexibility index (Phi) is 5.62. The summed E-state index contributed by atoms with van der Waals surface area (Å²) in [5, 5.41) is 8.89. The van der Waals surface area contributed by atoms with Gasteiger partial charge in [-0.3, -0.25) is 9.78 Å². The number of rotatable bonds is 7.